The van der Waals surface area contributed by atoms with Gasteiger partial charge in [0.1, 0.15) is 0 Å². The van der Waals surface area contributed by atoms with E-state index in [2.05, 4.69) is 10.1 Å². The maximum atomic E-state index is 11.4. The van der Waals surface area contributed by atoms with Crippen LogP contribution >= 0.6 is 34.8 Å². The van der Waals surface area contributed by atoms with Gasteiger partial charge >= 0.3 is 6.09 Å². The van der Waals surface area contributed by atoms with Gasteiger partial charge in [0.2, 0.25) is 9.52 Å². The molecule has 0 aliphatic carbocycles. The minimum absolute atomic E-state index is 0.484. The van der Waals surface area contributed by atoms with Gasteiger partial charge < -0.3 is 9.47 Å². The first-order valence-electron chi connectivity index (χ1n) is 4.91. The van der Waals surface area contributed by atoms with Gasteiger partial charge in [0, 0.05) is 12.7 Å². The van der Waals surface area contributed by atoms with Gasteiger partial charge in [-0.3, -0.25) is 5.32 Å². The van der Waals surface area contributed by atoms with Crippen molar-refractivity contribution in [2.24, 2.45) is 0 Å². The standard InChI is InChI=1S/C11H12Cl3NO3/c1-17-9(16)15-10(18-2,11(12,13)14)8-6-4-3-5-7-8/h3-7H,1-2H3,(H,15,16). The Kier molecular flexibility index (Phi) is 5.10. The smallest absolute Gasteiger partial charge is 0.409 e. The van der Waals surface area contributed by atoms with E-state index < -0.39 is 15.6 Å². The van der Waals surface area contributed by atoms with Gasteiger partial charge in [-0.15, -0.1) is 0 Å². The van der Waals surface area contributed by atoms with Crippen LogP contribution in [0.4, 0.5) is 4.79 Å². The second-order valence-electron chi connectivity index (χ2n) is 3.37. The monoisotopic (exact) mass is 311 g/mol. The van der Waals surface area contributed by atoms with Crippen LogP contribution in [0.5, 0.6) is 0 Å². The van der Waals surface area contributed by atoms with E-state index in [4.69, 9.17) is 39.5 Å². The molecular weight excluding hydrogens is 300 g/mol. The average molecular weight is 313 g/mol. The zero-order valence-electron chi connectivity index (χ0n) is 9.75. The molecule has 0 radical (unpaired) electrons. The molecule has 18 heavy (non-hydrogen) atoms. The molecule has 4 nitrogen and oxygen atoms in total. The van der Waals surface area contributed by atoms with Gasteiger partial charge in [0.25, 0.3) is 0 Å². The third-order valence-electron chi connectivity index (χ3n) is 2.35. The predicted octanol–water partition coefficient (Wildman–Crippen LogP) is 3.21. The molecule has 1 rings (SSSR count). The third kappa shape index (κ3) is 3.01. The first-order valence-corrected chi connectivity index (χ1v) is 6.04. The largest absolute Gasteiger partial charge is 0.453 e. The van der Waals surface area contributed by atoms with E-state index in [0.29, 0.717) is 5.56 Å². The summed E-state index contributed by atoms with van der Waals surface area (Å²) in [5.41, 5.74) is -1.15. The molecule has 0 aliphatic rings. The van der Waals surface area contributed by atoms with Crippen LogP contribution in [0.3, 0.4) is 0 Å². The Morgan fingerprint density at radius 2 is 1.72 bits per heavy atom. The second kappa shape index (κ2) is 5.97. The van der Waals surface area contributed by atoms with Gasteiger partial charge in [-0.2, -0.15) is 0 Å². The van der Waals surface area contributed by atoms with Crippen molar-refractivity contribution < 1.29 is 14.3 Å². The lowest BCUT2D eigenvalue weighted by atomic mass is 10.0. The average Bonchev–Trinajstić information content (AvgIpc) is 2.35. The summed E-state index contributed by atoms with van der Waals surface area (Å²) in [6.07, 6.45) is -0.771. The molecule has 0 fully saturated rings. The Hall–Kier alpha value is -0.680. The van der Waals surface area contributed by atoms with Crippen LogP contribution in [0.15, 0.2) is 30.3 Å². The zero-order chi connectivity index (χ0) is 13.8. The van der Waals surface area contributed by atoms with Crippen molar-refractivity contribution in [3.63, 3.8) is 0 Å². The van der Waals surface area contributed by atoms with Crippen LogP contribution in [0.1, 0.15) is 5.56 Å². The molecule has 1 aromatic carbocycles. The molecule has 1 aromatic rings. The number of carbonyl (C=O) groups is 1. The number of nitrogens with one attached hydrogen (secondary N) is 1. The van der Waals surface area contributed by atoms with Crippen LogP contribution in [0.25, 0.3) is 0 Å². The maximum absolute atomic E-state index is 11.4. The van der Waals surface area contributed by atoms with Gasteiger partial charge in [0.05, 0.1) is 7.11 Å². The molecule has 1 N–H and O–H groups in total. The van der Waals surface area contributed by atoms with E-state index in [-0.39, 0.29) is 0 Å². The Balaban J connectivity index is 3.28. The molecule has 0 bridgehead atoms. The fourth-order valence-corrected chi connectivity index (χ4v) is 2.16. The molecule has 1 unspecified atom stereocenters. The summed E-state index contributed by atoms with van der Waals surface area (Å²) < 4.78 is 7.85. The molecule has 0 aromatic heterocycles. The molecule has 0 spiro atoms. The molecule has 100 valence electrons. The molecule has 7 heteroatoms. The summed E-state index contributed by atoms with van der Waals surface area (Å²) in [6.45, 7) is 0. The summed E-state index contributed by atoms with van der Waals surface area (Å²) in [6, 6.07) is 8.60. The fraction of sp³-hybridized carbons (Fsp3) is 0.364. The Bertz CT molecular complexity index is 408. The van der Waals surface area contributed by atoms with E-state index >= 15 is 0 Å². The molecule has 1 amide bonds. The van der Waals surface area contributed by atoms with E-state index in [1.165, 1.54) is 14.2 Å². The van der Waals surface area contributed by atoms with Crippen molar-refractivity contribution in [2.75, 3.05) is 14.2 Å². The van der Waals surface area contributed by atoms with Crippen LogP contribution in [0, 0.1) is 0 Å². The molecule has 0 heterocycles. The number of alkyl carbamates (subject to hydrolysis) is 1. The molecular formula is C11H12Cl3NO3. The van der Waals surface area contributed by atoms with Crippen molar-refractivity contribution in [3.05, 3.63) is 35.9 Å². The first kappa shape index (κ1) is 15.4. The number of methoxy groups -OCH3 is 2. The lowest BCUT2D eigenvalue weighted by molar-refractivity contribution is -0.0381. The number of carbonyl (C=O) groups excluding carboxylic acids is 1. The predicted molar refractivity (Wildman–Crippen MR) is 71.0 cm³/mol. The highest BCUT2D eigenvalue weighted by Crippen LogP contribution is 2.45. The molecule has 0 saturated carbocycles. The quantitative estimate of drug-likeness (QED) is 0.688. The van der Waals surface area contributed by atoms with E-state index in [0.717, 1.165) is 0 Å². The van der Waals surface area contributed by atoms with Gasteiger partial charge in [-0.25, -0.2) is 4.79 Å². The highest BCUT2D eigenvalue weighted by atomic mass is 35.6. The Morgan fingerprint density at radius 1 is 1.17 bits per heavy atom. The van der Waals surface area contributed by atoms with Gasteiger partial charge in [-0.1, -0.05) is 65.1 Å². The minimum atomic E-state index is -1.92. The number of halogens is 3. The topological polar surface area (TPSA) is 47.6 Å². The molecule has 0 aliphatic heterocycles. The number of benzene rings is 1. The normalized spacial score (nSPS) is 14.7. The van der Waals surface area contributed by atoms with Gasteiger partial charge in [0.15, 0.2) is 0 Å². The minimum Gasteiger partial charge on any atom is -0.453 e. The van der Waals surface area contributed by atoms with E-state index in [1.807, 2.05) is 0 Å². The fourth-order valence-electron chi connectivity index (χ4n) is 1.46. The highest BCUT2D eigenvalue weighted by Gasteiger charge is 2.52. The van der Waals surface area contributed by atoms with E-state index in [1.54, 1.807) is 30.3 Å². The van der Waals surface area contributed by atoms with Crippen molar-refractivity contribution in [1.82, 2.24) is 5.32 Å². The maximum Gasteiger partial charge on any atom is 0.409 e. The second-order valence-corrected chi connectivity index (χ2v) is 5.65. The number of amides is 1. The molecule has 0 saturated heterocycles. The van der Waals surface area contributed by atoms with Crippen molar-refractivity contribution in [3.8, 4) is 0 Å². The zero-order valence-corrected chi connectivity index (χ0v) is 12.0. The summed E-state index contributed by atoms with van der Waals surface area (Å²) in [4.78, 5) is 11.4. The summed E-state index contributed by atoms with van der Waals surface area (Å²) in [7, 11) is 2.53. The summed E-state index contributed by atoms with van der Waals surface area (Å²) in [5, 5.41) is 2.41. The van der Waals surface area contributed by atoms with Crippen molar-refractivity contribution in [2.45, 2.75) is 9.52 Å². The van der Waals surface area contributed by atoms with E-state index in [9.17, 15) is 4.79 Å². The van der Waals surface area contributed by atoms with Crippen LogP contribution in [-0.2, 0) is 15.2 Å². The van der Waals surface area contributed by atoms with Crippen LogP contribution < -0.4 is 5.32 Å². The summed E-state index contributed by atoms with van der Waals surface area (Å²) >= 11 is 17.8. The SMILES string of the molecule is COC(=O)NC(OC)(c1ccccc1)C(Cl)(Cl)Cl. The Labute approximate surface area is 120 Å². The van der Waals surface area contributed by atoms with Gasteiger partial charge in [-0.05, 0) is 0 Å². The third-order valence-corrected chi connectivity index (χ3v) is 3.15. The first-order chi connectivity index (χ1) is 8.37. The lowest BCUT2D eigenvalue weighted by Gasteiger charge is -2.38. The summed E-state index contributed by atoms with van der Waals surface area (Å²) in [5.74, 6) is 0. The number of hydrogen-bond donors (Lipinski definition) is 1. The number of ether oxygens (including phenoxy) is 2. The van der Waals surface area contributed by atoms with Crippen molar-refractivity contribution in [1.29, 1.82) is 0 Å². The number of alkyl halides is 3. The molecule has 1 atom stereocenters. The lowest BCUT2D eigenvalue weighted by Crippen LogP contribution is -2.56. The van der Waals surface area contributed by atoms with Crippen LogP contribution in [-0.4, -0.2) is 24.1 Å². The number of rotatable bonds is 3. The van der Waals surface area contributed by atoms with Crippen molar-refractivity contribution >= 4 is 40.9 Å². The van der Waals surface area contributed by atoms with Crippen LogP contribution in [0.2, 0.25) is 0 Å². The number of hydrogen-bond acceptors (Lipinski definition) is 3. The highest BCUT2D eigenvalue weighted by molar-refractivity contribution is 6.68. The Morgan fingerprint density at radius 3 is 2.11 bits per heavy atom.